The van der Waals surface area contributed by atoms with Crippen LogP contribution in [0, 0.1) is 23.7 Å². The number of likely N-dealkylation sites (N-methyl/N-ethyl adjacent to an activating group) is 1. The van der Waals surface area contributed by atoms with Crippen molar-refractivity contribution in [2.45, 2.75) is 57.8 Å². The van der Waals surface area contributed by atoms with Crippen molar-refractivity contribution in [1.82, 2.24) is 9.96 Å². The van der Waals surface area contributed by atoms with Gasteiger partial charge in [-0.25, -0.2) is 0 Å². The van der Waals surface area contributed by atoms with Crippen LogP contribution in [0.5, 0.6) is 0 Å². The zero-order valence-electron chi connectivity index (χ0n) is 14.1. The average molecular weight is 308 g/mol. The monoisotopic (exact) mass is 308 g/mol. The van der Waals surface area contributed by atoms with E-state index >= 15 is 0 Å². The van der Waals surface area contributed by atoms with Gasteiger partial charge in [0.25, 0.3) is 0 Å². The van der Waals surface area contributed by atoms with Gasteiger partial charge in [0, 0.05) is 18.9 Å². The first kappa shape index (κ1) is 14.9. The van der Waals surface area contributed by atoms with E-state index in [1.54, 1.807) is 0 Å². The molecule has 5 nitrogen and oxygen atoms in total. The molecule has 124 valence electrons. The maximum atomic E-state index is 13.0. The van der Waals surface area contributed by atoms with Gasteiger partial charge >= 0.3 is 0 Å². The molecule has 0 aromatic carbocycles. The van der Waals surface area contributed by atoms with Gasteiger partial charge in [-0.1, -0.05) is 27.2 Å². The summed E-state index contributed by atoms with van der Waals surface area (Å²) in [4.78, 5) is 21.4. The molecule has 1 amide bonds. The fraction of sp³-hybridized carbons (Fsp3) is 0.941. The summed E-state index contributed by atoms with van der Waals surface area (Å²) in [5.74, 6) is 2.09. The number of carbonyl (C=O) groups excluding carboxylic acids is 1. The van der Waals surface area contributed by atoms with Gasteiger partial charge in [0.05, 0.1) is 13.2 Å². The Balaban J connectivity index is 1.76. The first-order valence-electron chi connectivity index (χ1n) is 8.78. The highest BCUT2D eigenvalue weighted by atomic mass is 16.7. The molecule has 0 aromatic heterocycles. The zero-order chi connectivity index (χ0) is 15.6. The van der Waals surface area contributed by atoms with Crippen molar-refractivity contribution in [3.8, 4) is 0 Å². The Morgan fingerprint density at radius 1 is 1.27 bits per heavy atom. The summed E-state index contributed by atoms with van der Waals surface area (Å²) < 4.78 is 5.55. The number of carbonyl (C=O) groups is 1. The van der Waals surface area contributed by atoms with Gasteiger partial charge in [0.1, 0.15) is 17.8 Å². The van der Waals surface area contributed by atoms with Gasteiger partial charge in [-0.05, 0) is 24.7 Å². The van der Waals surface area contributed by atoms with E-state index < -0.39 is 0 Å². The second-order valence-corrected chi connectivity index (χ2v) is 8.13. The quantitative estimate of drug-likeness (QED) is 0.742. The molecule has 1 spiro atoms. The number of amides is 1. The summed E-state index contributed by atoms with van der Waals surface area (Å²) in [7, 11) is 1.99. The smallest absolute Gasteiger partial charge is 0.244 e. The van der Waals surface area contributed by atoms with E-state index in [0.29, 0.717) is 31.0 Å². The topological polar surface area (TPSA) is 42.0 Å². The SMILES string of the molecule is CC(C)[C@@H]1CC[C@@H](C)C[C@@]12N(C)C(=O)[C@@H]1[C@H]3COC[C@H]3ON12. The summed E-state index contributed by atoms with van der Waals surface area (Å²) >= 11 is 0. The number of hydrogen-bond acceptors (Lipinski definition) is 4. The number of fused-ring (bicyclic) bond motifs is 4. The number of ether oxygens (including phenoxy) is 1. The van der Waals surface area contributed by atoms with Crippen LogP contribution in [0.3, 0.4) is 0 Å². The molecule has 5 heteroatoms. The fourth-order valence-corrected chi connectivity index (χ4v) is 5.46. The Morgan fingerprint density at radius 3 is 2.77 bits per heavy atom. The Kier molecular flexibility index (Phi) is 3.34. The van der Waals surface area contributed by atoms with E-state index in [1.807, 2.05) is 11.9 Å². The third kappa shape index (κ3) is 1.73. The number of hydroxylamine groups is 2. The Hall–Kier alpha value is -0.650. The minimum Gasteiger partial charge on any atom is -0.378 e. The largest absolute Gasteiger partial charge is 0.378 e. The summed E-state index contributed by atoms with van der Waals surface area (Å²) in [5, 5.41) is 2.12. The predicted octanol–water partition coefficient (Wildman–Crippen LogP) is 1.88. The van der Waals surface area contributed by atoms with Crippen LogP contribution in [0.25, 0.3) is 0 Å². The lowest BCUT2D eigenvalue weighted by atomic mass is 9.69. The lowest BCUT2D eigenvalue weighted by molar-refractivity contribution is -0.266. The molecule has 0 aromatic rings. The number of hydrogen-bond donors (Lipinski definition) is 0. The van der Waals surface area contributed by atoms with Crippen LogP contribution in [0.1, 0.15) is 40.0 Å². The minimum atomic E-state index is -0.252. The molecule has 4 rings (SSSR count). The van der Waals surface area contributed by atoms with Crippen molar-refractivity contribution in [3.63, 3.8) is 0 Å². The molecule has 6 atom stereocenters. The van der Waals surface area contributed by atoms with E-state index in [-0.39, 0.29) is 29.6 Å². The lowest BCUT2D eigenvalue weighted by Crippen LogP contribution is -2.61. The third-order valence-electron chi connectivity index (χ3n) is 6.54. The Bertz CT molecular complexity index is 483. The first-order chi connectivity index (χ1) is 10.5. The van der Waals surface area contributed by atoms with Crippen LogP contribution < -0.4 is 0 Å². The van der Waals surface area contributed by atoms with Crippen molar-refractivity contribution >= 4 is 5.91 Å². The average Bonchev–Trinajstić information content (AvgIpc) is 3.09. The molecule has 1 aliphatic carbocycles. The lowest BCUT2D eigenvalue weighted by Gasteiger charge is -2.52. The van der Waals surface area contributed by atoms with Crippen LogP contribution in [-0.2, 0) is 14.4 Å². The first-order valence-corrected chi connectivity index (χ1v) is 8.78. The number of rotatable bonds is 1. The van der Waals surface area contributed by atoms with Crippen LogP contribution in [0.15, 0.2) is 0 Å². The van der Waals surface area contributed by atoms with E-state index in [2.05, 4.69) is 25.8 Å². The third-order valence-corrected chi connectivity index (χ3v) is 6.54. The molecule has 0 unspecified atom stereocenters. The van der Waals surface area contributed by atoms with Crippen LogP contribution >= 0.6 is 0 Å². The van der Waals surface area contributed by atoms with Gasteiger partial charge in [0.15, 0.2) is 0 Å². The van der Waals surface area contributed by atoms with Crippen molar-refractivity contribution in [1.29, 1.82) is 0 Å². The minimum absolute atomic E-state index is 0.0737. The van der Waals surface area contributed by atoms with Gasteiger partial charge in [0.2, 0.25) is 5.91 Å². The Morgan fingerprint density at radius 2 is 2.05 bits per heavy atom. The zero-order valence-corrected chi connectivity index (χ0v) is 14.1. The molecule has 0 bridgehead atoms. The maximum Gasteiger partial charge on any atom is 0.244 e. The van der Waals surface area contributed by atoms with E-state index in [4.69, 9.17) is 9.57 Å². The molecular formula is C17H28N2O3. The van der Waals surface area contributed by atoms with Crippen LogP contribution in [0.2, 0.25) is 0 Å². The van der Waals surface area contributed by atoms with E-state index in [1.165, 1.54) is 12.8 Å². The summed E-state index contributed by atoms with van der Waals surface area (Å²) in [6.07, 6.45) is 3.52. The Labute approximate surface area is 132 Å². The normalized spacial score (nSPS) is 48.5. The highest BCUT2D eigenvalue weighted by molar-refractivity contribution is 5.85. The highest BCUT2D eigenvalue weighted by Crippen LogP contribution is 2.54. The molecule has 3 heterocycles. The second-order valence-electron chi connectivity index (χ2n) is 8.13. The number of nitrogens with zero attached hydrogens (tertiary/aromatic N) is 2. The van der Waals surface area contributed by atoms with Crippen molar-refractivity contribution in [2.75, 3.05) is 20.3 Å². The maximum absolute atomic E-state index is 13.0. The van der Waals surface area contributed by atoms with E-state index in [9.17, 15) is 4.79 Å². The standard InChI is InChI=1S/C17H28N2O3/c1-10(2)13-6-5-11(3)7-17(13)18(4)16(20)15-12-8-21-9-14(12)22-19(15)17/h10-15H,5-9H2,1-4H3/t11-,12+,13+,14-,15+,17+/m1/s1. The summed E-state index contributed by atoms with van der Waals surface area (Å²) in [6.45, 7) is 8.17. The molecule has 0 radical (unpaired) electrons. The van der Waals surface area contributed by atoms with Crippen LogP contribution in [-0.4, -0.2) is 53.9 Å². The van der Waals surface area contributed by atoms with Crippen molar-refractivity contribution < 1.29 is 14.4 Å². The highest BCUT2D eigenvalue weighted by Gasteiger charge is 2.68. The van der Waals surface area contributed by atoms with Crippen LogP contribution in [0.4, 0.5) is 0 Å². The summed E-state index contributed by atoms with van der Waals surface area (Å²) in [6, 6.07) is -0.135. The second kappa shape index (κ2) is 4.92. The van der Waals surface area contributed by atoms with E-state index in [0.717, 1.165) is 6.42 Å². The molecule has 1 saturated carbocycles. The van der Waals surface area contributed by atoms with Gasteiger partial charge in [-0.2, -0.15) is 0 Å². The van der Waals surface area contributed by atoms with Crippen molar-refractivity contribution in [2.24, 2.45) is 23.7 Å². The van der Waals surface area contributed by atoms with Gasteiger partial charge in [-0.3, -0.25) is 9.63 Å². The molecule has 0 N–H and O–H groups in total. The summed E-state index contributed by atoms with van der Waals surface area (Å²) in [5.41, 5.74) is -0.252. The predicted molar refractivity (Wildman–Crippen MR) is 81.7 cm³/mol. The molecule has 4 aliphatic rings. The molecule has 3 aliphatic heterocycles. The molecule has 4 fully saturated rings. The molecule has 3 saturated heterocycles. The van der Waals surface area contributed by atoms with Crippen molar-refractivity contribution in [3.05, 3.63) is 0 Å². The van der Waals surface area contributed by atoms with Gasteiger partial charge < -0.3 is 9.64 Å². The molecule has 22 heavy (non-hydrogen) atoms. The fourth-order valence-electron chi connectivity index (χ4n) is 5.46. The van der Waals surface area contributed by atoms with Gasteiger partial charge in [-0.15, -0.1) is 5.06 Å². The molecular weight excluding hydrogens is 280 g/mol.